The molecule has 45 heavy (non-hydrogen) atoms. The van der Waals surface area contributed by atoms with Gasteiger partial charge in [-0.3, -0.25) is 13.9 Å². The smallest absolute Gasteiger partial charge is 0.264 e. The number of carbonyl (C=O) groups is 2. The number of hydrogen-bond donors (Lipinski definition) is 1. The van der Waals surface area contributed by atoms with Crippen molar-refractivity contribution in [3.8, 4) is 0 Å². The largest absolute Gasteiger partial charge is 0.354 e. The van der Waals surface area contributed by atoms with Crippen LogP contribution < -0.4 is 9.62 Å². The van der Waals surface area contributed by atoms with Crippen molar-refractivity contribution in [2.24, 2.45) is 0 Å². The van der Waals surface area contributed by atoms with Crippen LogP contribution in [0.2, 0.25) is 0 Å². The number of sulfonamides is 1. The first kappa shape index (κ1) is 33.4. The summed E-state index contributed by atoms with van der Waals surface area (Å²) in [6.07, 6.45) is 1.78. The van der Waals surface area contributed by atoms with E-state index in [4.69, 9.17) is 0 Å². The lowest BCUT2D eigenvalue weighted by Crippen LogP contribution is -2.53. The summed E-state index contributed by atoms with van der Waals surface area (Å²) < 4.78 is 44.3. The lowest BCUT2D eigenvalue weighted by Gasteiger charge is -2.34. The number of anilines is 1. The highest BCUT2D eigenvalue weighted by Gasteiger charge is 2.35. The van der Waals surface area contributed by atoms with Crippen molar-refractivity contribution in [3.05, 3.63) is 131 Å². The van der Waals surface area contributed by atoms with Crippen LogP contribution in [-0.2, 0) is 32.6 Å². The van der Waals surface area contributed by atoms with Crippen LogP contribution in [-0.4, -0.2) is 44.3 Å². The van der Waals surface area contributed by atoms with E-state index >= 15 is 4.39 Å². The molecule has 0 fully saturated rings. The Morgan fingerprint density at radius 3 is 2.07 bits per heavy atom. The number of halogens is 1. The van der Waals surface area contributed by atoms with Crippen LogP contribution in [0.25, 0.3) is 0 Å². The minimum atomic E-state index is -4.21. The van der Waals surface area contributed by atoms with Crippen molar-refractivity contribution in [1.82, 2.24) is 10.2 Å². The molecule has 0 heterocycles. The SMILES string of the molecule is CCCCNC(=O)C(Cc1ccccc1)N(Cc1ccccc1F)C(=O)CN(c1cc(C)cc(C)c1)S(=O)(=O)c1ccccc1. The van der Waals surface area contributed by atoms with Gasteiger partial charge in [-0.15, -0.1) is 0 Å². The number of hydrogen-bond acceptors (Lipinski definition) is 4. The second kappa shape index (κ2) is 15.5. The highest BCUT2D eigenvalue weighted by Crippen LogP contribution is 2.27. The molecule has 0 aromatic heterocycles. The second-order valence-electron chi connectivity index (χ2n) is 11.1. The number of nitrogens with zero attached hydrogens (tertiary/aromatic N) is 2. The Labute approximate surface area is 265 Å². The summed E-state index contributed by atoms with van der Waals surface area (Å²) in [5.41, 5.74) is 3.00. The molecule has 1 unspecified atom stereocenters. The van der Waals surface area contributed by atoms with Gasteiger partial charge in [0.2, 0.25) is 11.8 Å². The zero-order chi connectivity index (χ0) is 32.4. The van der Waals surface area contributed by atoms with Gasteiger partial charge in [0.1, 0.15) is 18.4 Å². The predicted molar refractivity (Wildman–Crippen MR) is 176 cm³/mol. The molecule has 0 bridgehead atoms. The van der Waals surface area contributed by atoms with Crippen molar-refractivity contribution in [3.63, 3.8) is 0 Å². The van der Waals surface area contributed by atoms with E-state index in [9.17, 15) is 18.0 Å². The Kier molecular flexibility index (Phi) is 11.5. The molecular formula is C36H40FN3O4S. The quantitative estimate of drug-likeness (QED) is 0.169. The summed E-state index contributed by atoms with van der Waals surface area (Å²) in [7, 11) is -4.21. The van der Waals surface area contributed by atoms with Gasteiger partial charge in [0, 0.05) is 25.1 Å². The Morgan fingerprint density at radius 2 is 1.44 bits per heavy atom. The Morgan fingerprint density at radius 1 is 0.844 bits per heavy atom. The van der Waals surface area contributed by atoms with Crippen molar-refractivity contribution < 1.29 is 22.4 Å². The van der Waals surface area contributed by atoms with E-state index in [1.165, 1.54) is 23.1 Å². The van der Waals surface area contributed by atoms with Crippen LogP contribution in [0.4, 0.5) is 10.1 Å². The third-order valence-electron chi connectivity index (χ3n) is 7.50. The number of unbranched alkanes of at least 4 members (excludes halogenated alkanes) is 1. The van der Waals surface area contributed by atoms with Crippen LogP contribution in [0, 0.1) is 19.7 Å². The van der Waals surface area contributed by atoms with E-state index in [0.29, 0.717) is 12.2 Å². The molecule has 2 amide bonds. The molecule has 236 valence electrons. The zero-order valence-corrected chi connectivity index (χ0v) is 26.8. The third kappa shape index (κ3) is 8.79. The first-order valence-corrected chi connectivity index (χ1v) is 16.5. The molecule has 4 rings (SSSR count). The topological polar surface area (TPSA) is 86.8 Å². The van der Waals surface area contributed by atoms with Crippen LogP contribution >= 0.6 is 0 Å². The van der Waals surface area contributed by atoms with E-state index in [1.807, 2.05) is 57.2 Å². The van der Waals surface area contributed by atoms with Crippen molar-refractivity contribution in [2.75, 3.05) is 17.4 Å². The fraction of sp³-hybridized carbons (Fsp3) is 0.278. The summed E-state index contributed by atoms with van der Waals surface area (Å²) in [5, 5.41) is 2.94. The summed E-state index contributed by atoms with van der Waals surface area (Å²) in [5.74, 6) is -1.55. The van der Waals surface area contributed by atoms with Gasteiger partial charge in [-0.2, -0.15) is 0 Å². The Balaban J connectivity index is 1.81. The van der Waals surface area contributed by atoms with Gasteiger partial charge >= 0.3 is 0 Å². The molecule has 0 radical (unpaired) electrons. The van der Waals surface area contributed by atoms with Gasteiger partial charge in [0.15, 0.2) is 0 Å². The molecule has 0 saturated carbocycles. The molecule has 0 aliphatic heterocycles. The van der Waals surface area contributed by atoms with E-state index in [-0.39, 0.29) is 29.3 Å². The highest BCUT2D eigenvalue weighted by atomic mass is 32.2. The Hall–Kier alpha value is -4.50. The van der Waals surface area contributed by atoms with E-state index in [2.05, 4.69) is 5.32 Å². The van der Waals surface area contributed by atoms with Crippen molar-refractivity contribution >= 4 is 27.5 Å². The number of aryl methyl sites for hydroxylation is 2. The lowest BCUT2D eigenvalue weighted by molar-refractivity contribution is -0.140. The fourth-order valence-corrected chi connectivity index (χ4v) is 6.63. The summed E-state index contributed by atoms with van der Waals surface area (Å²) in [4.78, 5) is 29.6. The highest BCUT2D eigenvalue weighted by molar-refractivity contribution is 7.92. The maximum Gasteiger partial charge on any atom is 0.264 e. The number of carbonyl (C=O) groups excluding carboxylic acids is 2. The molecule has 0 saturated heterocycles. The van der Waals surface area contributed by atoms with E-state index in [1.54, 1.807) is 48.5 Å². The summed E-state index contributed by atoms with van der Waals surface area (Å²) in [6.45, 7) is 5.31. The first-order chi connectivity index (χ1) is 21.6. The lowest BCUT2D eigenvalue weighted by atomic mass is 10.0. The molecule has 1 atom stereocenters. The average molecular weight is 630 g/mol. The number of benzene rings is 4. The number of amides is 2. The fourth-order valence-electron chi connectivity index (χ4n) is 5.21. The maximum atomic E-state index is 15.0. The van der Waals surface area contributed by atoms with Crippen LogP contribution in [0.15, 0.2) is 108 Å². The second-order valence-corrected chi connectivity index (χ2v) is 13.0. The van der Waals surface area contributed by atoms with Crippen LogP contribution in [0.5, 0.6) is 0 Å². The van der Waals surface area contributed by atoms with Gasteiger partial charge in [-0.1, -0.05) is 86.1 Å². The van der Waals surface area contributed by atoms with Gasteiger partial charge in [0.05, 0.1) is 10.6 Å². The molecule has 0 spiro atoms. The van der Waals surface area contributed by atoms with Gasteiger partial charge < -0.3 is 10.2 Å². The van der Waals surface area contributed by atoms with Gasteiger partial charge in [-0.25, -0.2) is 12.8 Å². The molecule has 9 heteroatoms. The van der Waals surface area contributed by atoms with E-state index < -0.39 is 34.3 Å². The predicted octanol–water partition coefficient (Wildman–Crippen LogP) is 6.19. The molecule has 4 aromatic rings. The average Bonchev–Trinajstić information content (AvgIpc) is 3.02. The van der Waals surface area contributed by atoms with Crippen LogP contribution in [0.3, 0.4) is 0 Å². The minimum absolute atomic E-state index is 0.0238. The molecule has 1 N–H and O–H groups in total. The van der Waals surface area contributed by atoms with Crippen molar-refractivity contribution in [2.45, 2.75) is 57.5 Å². The molecule has 0 aliphatic rings. The summed E-state index contributed by atoms with van der Waals surface area (Å²) >= 11 is 0. The number of rotatable bonds is 14. The molecule has 4 aromatic carbocycles. The monoisotopic (exact) mass is 629 g/mol. The molecular weight excluding hydrogens is 589 g/mol. The van der Waals surface area contributed by atoms with E-state index in [0.717, 1.165) is 33.8 Å². The zero-order valence-electron chi connectivity index (χ0n) is 25.9. The Bertz CT molecular complexity index is 1680. The standard InChI is InChI=1S/C36H40FN3O4S/c1-4-5-20-38-36(42)34(24-29-14-8-6-9-15-29)39(25-30-16-12-13-19-33(30)37)35(41)26-40(31-22-27(2)21-28(3)23-31)45(43,44)32-17-10-7-11-18-32/h6-19,21-23,34H,4-5,20,24-26H2,1-3H3,(H,38,42). The van der Waals surface area contributed by atoms with Crippen LogP contribution in [0.1, 0.15) is 42.0 Å². The van der Waals surface area contributed by atoms with Crippen molar-refractivity contribution in [1.29, 1.82) is 0 Å². The molecule has 0 aliphatic carbocycles. The minimum Gasteiger partial charge on any atom is -0.354 e. The summed E-state index contributed by atoms with van der Waals surface area (Å²) in [6, 6.07) is 27.6. The third-order valence-corrected chi connectivity index (χ3v) is 9.29. The maximum absolute atomic E-state index is 15.0. The first-order valence-electron chi connectivity index (χ1n) is 15.1. The van der Waals surface area contributed by atoms with Gasteiger partial charge in [-0.05, 0) is 67.3 Å². The number of nitrogens with one attached hydrogen (secondary N) is 1. The molecule has 7 nitrogen and oxygen atoms in total. The van der Waals surface area contributed by atoms with Gasteiger partial charge in [0.25, 0.3) is 10.0 Å². The normalized spacial score (nSPS) is 11.9.